The van der Waals surface area contributed by atoms with Gasteiger partial charge in [-0.3, -0.25) is 4.98 Å². The van der Waals surface area contributed by atoms with Crippen molar-refractivity contribution in [3.05, 3.63) is 163 Å². The average molecular weight is 647 g/mol. The highest BCUT2D eigenvalue weighted by Gasteiger charge is 2.23. The van der Waals surface area contributed by atoms with Crippen LogP contribution >= 0.6 is 0 Å². The van der Waals surface area contributed by atoms with E-state index in [1.54, 1.807) is 0 Å². The highest BCUT2D eigenvalue weighted by atomic mass is 16.5. The summed E-state index contributed by atoms with van der Waals surface area (Å²) in [5, 5.41) is 20.4. The van der Waals surface area contributed by atoms with Crippen molar-refractivity contribution >= 4 is 54.0 Å². The molecular weight excluding hydrogens is 621 g/mol. The predicted octanol–water partition coefficient (Wildman–Crippen LogP) is 12.9. The van der Waals surface area contributed by atoms with Crippen molar-refractivity contribution in [1.82, 2.24) is 4.98 Å². The molecule has 51 heavy (non-hydrogen) atoms. The van der Waals surface area contributed by atoms with Crippen LogP contribution < -0.4 is 4.74 Å². The lowest BCUT2D eigenvalue weighted by molar-refractivity contribution is 0.487. The van der Waals surface area contributed by atoms with E-state index in [-0.39, 0.29) is 0 Å². The summed E-state index contributed by atoms with van der Waals surface area (Å²) >= 11 is 0. The van der Waals surface area contributed by atoms with Crippen molar-refractivity contribution in [3.8, 4) is 62.1 Å². The fraction of sp³-hybridized carbons (Fsp3) is 0. The Morgan fingerprint density at radius 3 is 1.82 bits per heavy atom. The van der Waals surface area contributed by atoms with Crippen molar-refractivity contribution in [1.29, 1.82) is 5.26 Å². The van der Waals surface area contributed by atoms with Crippen LogP contribution in [0.2, 0.25) is 0 Å². The Morgan fingerprint density at radius 1 is 0.431 bits per heavy atom. The van der Waals surface area contributed by atoms with Crippen LogP contribution in [-0.2, 0) is 0 Å². The van der Waals surface area contributed by atoms with Crippen LogP contribution in [-0.4, -0.2) is 4.98 Å². The van der Waals surface area contributed by atoms with E-state index >= 15 is 0 Å². The third-order valence-electron chi connectivity index (χ3n) is 10.7. The largest absolute Gasteiger partial charge is 0.456 e. The monoisotopic (exact) mass is 646 g/mol. The summed E-state index contributed by atoms with van der Waals surface area (Å²) in [5.74, 6) is 1.54. The van der Waals surface area contributed by atoms with Gasteiger partial charge in [0.15, 0.2) is 0 Å². The van der Waals surface area contributed by atoms with Crippen LogP contribution in [0.25, 0.3) is 98.5 Å². The van der Waals surface area contributed by atoms with Crippen LogP contribution in [0.5, 0.6) is 11.5 Å². The second-order valence-corrected chi connectivity index (χ2v) is 13.4. The minimum atomic E-state index is 0.591. The summed E-state index contributed by atoms with van der Waals surface area (Å²) in [6.45, 7) is 0. The molecule has 0 N–H and O–H groups in total. The first-order chi connectivity index (χ1) is 25.2. The van der Waals surface area contributed by atoms with E-state index in [1.807, 2.05) is 36.5 Å². The molecule has 0 bridgehead atoms. The van der Waals surface area contributed by atoms with Crippen molar-refractivity contribution in [2.75, 3.05) is 0 Å². The van der Waals surface area contributed by atoms with E-state index in [0.717, 1.165) is 55.4 Å². The molecule has 11 rings (SSSR count). The molecular formula is C48H26N2O. The minimum absolute atomic E-state index is 0.591. The van der Waals surface area contributed by atoms with Crippen LogP contribution in [0.15, 0.2) is 158 Å². The molecule has 0 saturated heterocycles. The Labute approximate surface area is 293 Å². The molecule has 3 nitrogen and oxygen atoms in total. The number of aromatic nitrogens is 1. The highest BCUT2D eigenvalue weighted by Crippen LogP contribution is 2.50. The third kappa shape index (κ3) is 4.02. The molecule has 1 aromatic heterocycles. The summed E-state index contributed by atoms with van der Waals surface area (Å²) in [4.78, 5) is 4.69. The second-order valence-electron chi connectivity index (χ2n) is 13.4. The maximum Gasteiger partial charge on any atom is 0.136 e. The van der Waals surface area contributed by atoms with Gasteiger partial charge in [-0.1, -0.05) is 121 Å². The minimum Gasteiger partial charge on any atom is -0.456 e. The fourth-order valence-corrected chi connectivity index (χ4v) is 8.39. The normalized spacial score (nSPS) is 12.1. The number of pyridine rings is 1. The summed E-state index contributed by atoms with van der Waals surface area (Å²) in [7, 11) is 0. The van der Waals surface area contributed by atoms with Gasteiger partial charge in [-0.25, -0.2) is 0 Å². The van der Waals surface area contributed by atoms with Crippen LogP contribution in [0, 0.1) is 11.3 Å². The van der Waals surface area contributed by atoms with Gasteiger partial charge in [0.05, 0.1) is 17.1 Å². The zero-order chi connectivity index (χ0) is 33.6. The molecule has 1 aliphatic heterocycles. The molecule has 0 aliphatic carbocycles. The first-order valence-electron chi connectivity index (χ1n) is 17.2. The third-order valence-corrected chi connectivity index (χ3v) is 10.7. The number of ether oxygens (including phenoxy) is 1. The van der Waals surface area contributed by atoms with Gasteiger partial charge in [0.2, 0.25) is 0 Å². The molecule has 0 saturated carbocycles. The number of hydrogen-bond donors (Lipinski definition) is 0. The van der Waals surface area contributed by atoms with Crippen molar-refractivity contribution < 1.29 is 4.74 Å². The Bertz CT molecular complexity index is 3110. The molecule has 0 spiro atoms. The Hall–Kier alpha value is -7.02. The predicted molar refractivity (Wildman–Crippen MR) is 209 cm³/mol. The number of nitriles is 1. The van der Waals surface area contributed by atoms with E-state index in [2.05, 4.69) is 132 Å². The van der Waals surface area contributed by atoms with Crippen LogP contribution in [0.3, 0.4) is 0 Å². The van der Waals surface area contributed by atoms with E-state index in [9.17, 15) is 5.26 Å². The van der Waals surface area contributed by atoms with E-state index in [0.29, 0.717) is 5.56 Å². The zero-order valence-electron chi connectivity index (χ0n) is 27.3. The number of rotatable bonds is 3. The van der Waals surface area contributed by atoms with Crippen molar-refractivity contribution in [2.45, 2.75) is 0 Å². The fourth-order valence-electron chi connectivity index (χ4n) is 8.39. The van der Waals surface area contributed by atoms with Crippen molar-refractivity contribution in [3.63, 3.8) is 0 Å². The Kier molecular flexibility index (Phi) is 5.73. The van der Waals surface area contributed by atoms with Gasteiger partial charge in [-0.05, 0) is 101 Å². The number of benzene rings is 9. The van der Waals surface area contributed by atoms with Gasteiger partial charge in [-0.15, -0.1) is 0 Å². The highest BCUT2D eigenvalue weighted by molar-refractivity contribution is 6.28. The van der Waals surface area contributed by atoms with Gasteiger partial charge < -0.3 is 4.74 Å². The molecule has 10 aromatic rings. The molecule has 3 heteroatoms. The number of hydrogen-bond acceptors (Lipinski definition) is 3. The quantitative estimate of drug-likeness (QED) is 0.179. The number of fused-ring (bicyclic) bond motifs is 3. The molecule has 234 valence electrons. The standard InChI is InChI=1S/C48H26N2O/c49-27-28-9-18-38-42-24-23-37(39-7-2-8-43(47(39)42)51-44(38)26-28)36-20-15-32-16-21-40-34(19-14-31-17-22-41(36)46(32)45(31)40)29-10-12-30(13-11-29)35-6-1-4-33-5-3-25-50-48(33)35/h1-26H. The van der Waals surface area contributed by atoms with Gasteiger partial charge in [0.25, 0.3) is 0 Å². The van der Waals surface area contributed by atoms with E-state index in [4.69, 9.17) is 4.74 Å². The van der Waals surface area contributed by atoms with Crippen LogP contribution in [0.4, 0.5) is 0 Å². The lowest BCUT2D eigenvalue weighted by atomic mass is 9.85. The van der Waals surface area contributed by atoms with Gasteiger partial charge in [-0.2, -0.15) is 5.26 Å². The topological polar surface area (TPSA) is 45.9 Å². The molecule has 0 fully saturated rings. The summed E-state index contributed by atoms with van der Waals surface area (Å²) in [5.41, 5.74) is 10.8. The van der Waals surface area contributed by atoms with E-state index in [1.165, 1.54) is 54.6 Å². The molecule has 2 heterocycles. The molecule has 0 unspecified atom stereocenters. The summed E-state index contributed by atoms with van der Waals surface area (Å²) in [6.07, 6.45) is 1.86. The first-order valence-corrected chi connectivity index (χ1v) is 17.2. The second kappa shape index (κ2) is 10.5. The van der Waals surface area contributed by atoms with Crippen molar-refractivity contribution in [2.24, 2.45) is 0 Å². The van der Waals surface area contributed by atoms with Gasteiger partial charge in [0.1, 0.15) is 11.5 Å². The maximum absolute atomic E-state index is 9.48. The lowest BCUT2D eigenvalue weighted by Crippen LogP contribution is -1.98. The molecule has 9 aromatic carbocycles. The zero-order valence-corrected chi connectivity index (χ0v) is 27.3. The van der Waals surface area contributed by atoms with E-state index < -0.39 is 0 Å². The maximum atomic E-state index is 9.48. The Morgan fingerprint density at radius 2 is 1.04 bits per heavy atom. The average Bonchev–Trinajstić information content (AvgIpc) is 3.19. The Balaban J connectivity index is 1.08. The van der Waals surface area contributed by atoms with Gasteiger partial charge in [0, 0.05) is 28.1 Å². The summed E-state index contributed by atoms with van der Waals surface area (Å²) in [6, 6.07) is 56.2. The number of nitrogens with zero attached hydrogens (tertiary/aromatic N) is 2. The SMILES string of the molecule is N#Cc1ccc2c(c1)Oc1cccc3c(-c4ccc5ccc6c(-c7ccc(-c8cccc9cccnc89)cc7)ccc7ccc4c5c76)ccc-2c13. The lowest BCUT2D eigenvalue weighted by Gasteiger charge is -2.23. The summed E-state index contributed by atoms with van der Waals surface area (Å²) < 4.78 is 6.42. The molecule has 0 amide bonds. The molecule has 0 radical (unpaired) electrons. The number of para-hydroxylation sites is 1. The van der Waals surface area contributed by atoms with Gasteiger partial charge >= 0.3 is 0 Å². The molecule has 1 aliphatic rings. The first kappa shape index (κ1) is 27.9. The molecule has 0 atom stereocenters. The smallest absolute Gasteiger partial charge is 0.136 e. The van der Waals surface area contributed by atoms with Crippen LogP contribution in [0.1, 0.15) is 5.56 Å².